The first-order valence-corrected chi connectivity index (χ1v) is 6.42. The Morgan fingerprint density at radius 2 is 1.69 bits per heavy atom. The van der Waals surface area contributed by atoms with Gasteiger partial charge in [-0.3, -0.25) is 0 Å². The molecule has 3 nitrogen and oxygen atoms in total. The largest absolute Gasteiger partial charge is 0.446 e. The summed E-state index contributed by atoms with van der Waals surface area (Å²) in [4.78, 5) is 13.9. The molecule has 1 aliphatic heterocycles. The Kier molecular flexibility index (Phi) is 4.63. The standard InChI is InChI=1S/C13H25NO2/c1-9(2)12(5)16-13(15)14-10(3)7-6-8-11(14)4/h9-12H,6-8H2,1-5H3/t10-,11+,12?. The maximum absolute atomic E-state index is 12.0. The van der Waals surface area contributed by atoms with Crippen LogP contribution >= 0.6 is 0 Å². The van der Waals surface area contributed by atoms with Crippen LogP contribution in [0.15, 0.2) is 0 Å². The van der Waals surface area contributed by atoms with Gasteiger partial charge in [0.25, 0.3) is 0 Å². The topological polar surface area (TPSA) is 29.5 Å². The van der Waals surface area contributed by atoms with Gasteiger partial charge in [0, 0.05) is 12.1 Å². The molecule has 1 unspecified atom stereocenters. The van der Waals surface area contributed by atoms with Crippen molar-refractivity contribution in [2.24, 2.45) is 5.92 Å². The SMILES string of the molecule is CC(C)C(C)OC(=O)N1[C@H](C)CCC[C@@H]1C. The maximum Gasteiger partial charge on any atom is 0.410 e. The summed E-state index contributed by atoms with van der Waals surface area (Å²) in [6.07, 6.45) is 3.26. The third-order valence-corrected chi connectivity index (χ3v) is 3.63. The summed E-state index contributed by atoms with van der Waals surface area (Å²) in [6.45, 7) is 10.3. The first-order chi connectivity index (χ1) is 7.43. The van der Waals surface area contributed by atoms with Crippen molar-refractivity contribution in [1.82, 2.24) is 4.90 Å². The van der Waals surface area contributed by atoms with Crippen LogP contribution in [0.5, 0.6) is 0 Å². The third-order valence-electron chi connectivity index (χ3n) is 3.63. The van der Waals surface area contributed by atoms with Gasteiger partial charge in [-0.25, -0.2) is 4.79 Å². The van der Waals surface area contributed by atoms with Crippen LogP contribution in [0.25, 0.3) is 0 Å². The second-order valence-electron chi connectivity index (χ2n) is 5.37. The Hall–Kier alpha value is -0.730. The summed E-state index contributed by atoms with van der Waals surface area (Å²) in [5, 5.41) is 0. The fraction of sp³-hybridized carbons (Fsp3) is 0.923. The highest BCUT2D eigenvalue weighted by atomic mass is 16.6. The number of hydrogen-bond acceptors (Lipinski definition) is 2. The second kappa shape index (κ2) is 5.55. The lowest BCUT2D eigenvalue weighted by Gasteiger charge is -2.38. The molecule has 1 rings (SSSR count). The third kappa shape index (κ3) is 3.13. The molecule has 1 heterocycles. The molecule has 1 aliphatic rings. The molecular weight excluding hydrogens is 202 g/mol. The summed E-state index contributed by atoms with van der Waals surface area (Å²) >= 11 is 0. The van der Waals surface area contributed by atoms with E-state index in [0.717, 1.165) is 12.8 Å². The number of carbonyl (C=O) groups excluding carboxylic acids is 1. The molecule has 16 heavy (non-hydrogen) atoms. The zero-order valence-corrected chi connectivity index (χ0v) is 11.2. The van der Waals surface area contributed by atoms with Gasteiger partial charge in [-0.15, -0.1) is 0 Å². The van der Waals surface area contributed by atoms with E-state index in [0.29, 0.717) is 18.0 Å². The average Bonchev–Trinajstić information content (AvgIpc) is 2.16. The molecule has 0 aliphatic carbocycles. The van der Waals surface area contributed by atoms with Gasteiger partial charge in [-0.1, -0.05) is 13.8 Å². The van der Waals surface area contributed by atoms with Gasteiger partial charge < -0.3 is 9.64 Å². The molecule has 0 aromatic heterocycles. The van der Waals surface area contributed by atoms with Gasteiger partial charge >= 0.3 is 6.09 Å². The zero-order chi connectivity index (χ0) is 12.3. The van der Waals surface area contributed by atoms with Gasteiger partial charge in [-0.2, -0.15) is 0 Å². The van der Waals surface area contributed by atoms with Crippen LogP contribution in [0.2, 0.25) is 0 Å². The van der Waals surface area contributed by atoms with Crippen LogP contribution in [0, 0.1) is 5.92 Å². The molecule has 3 heteroatoms. The molecule has 0 saturated carbocycles. The number of piperidine rings is 1. The fourth-order valence-corrected chi connectivity index (χ4v) is 2.14. The zero-order valence-electron chi connectivity index (χ0n) is 11.2. The van der Waals surface area contributed by atoms with Crippen molar-refractivity contribution in [3.63, 3.8) is 0 Å². The number of carbonyl (C=O) groups is 1. The fourth-order valence-electron chi connectivity index (χ4n) is 2.14. The van der Waals surface area contributed by atoms with E-state index in [2.05, 4.69) is 27.7 Å². The molecule has 0 radical (unpaired) electrons. The lowest BCUT2D eigenvalue weighted by molar-refractivity contribution is 0.0202. The normalized spacial score (nSPS) is 28.0. The highest BCUT2D eigenvalue weighted by Gasteiger charge is 2.31. The summed E-state index contributed by atoms with van der Waals surface area (Å²) in [6, 6.07) is 0.631. The Labute approximate surface area is 99.1 Å². The van der Waals surface area contributed by atoms with Crippen molar-refractivity contribution >= 4 is 6.09 Å². The highest BCUT2D eigenvalue weighted by molar-refractivity contribution is 5.68. The Bertz CT molecular complexity index is 230. The molecule has 0 N–H and O–H groups in total. The van der Waals surface area contributed by atoms with Gasteiger partial charge in [-0.05, 0) is 46.0 Å². The maximum atomic E-state index is 12.0. The quantitative estimate of drug-likeness (QED) is 0.723. The van der Waals surface area contributed by atoms with Crippen molar-refractivity contribution < 1.29 is 9.53 Å². The minimum absolute atomic E-state index is 0.00572. The molecule has 0 spiro atoms. The van der Waals surface area contributed by atoms with E-state index in [1.807, 2.05) is 11.8 Å². The molecular formula is C13H25NO2. The summed E-state index contributed by atoms with van der Waals surface area (Å²) < 4.78 is 5.48. The lowest BCUT2D eigenvalue weighted by atomic mass is 9.98. The predicted octanol–water partition coefficient (Wildman–Crippen LogP) is 3.43. The molecule has 94 valence electrons. The van der Waals surface area contributed by atoms with Gasteiger partial charge in [0.2, 0.25) is 0 Å². The van der Waals surface area contributed by atoms with Crippen LogP contribution in [0.4, 0.5) is 4.79 Å². The first-order valence-electron chi connectivity index (χ1n) is 6.42. The van der Waals surface area contributed by atoms with Gasteiger partial charge in [0.1, 0.15) is 6.10 Å². The van der Waals surface area contributed by atoms with E-state index in [-0.39, 0.29) is 12.2 Å². The monoisotopic (exact) mass is 227 g/mol. The Morgan fingerprint density at radius 1 is 1.19 bits per heavy atom. The highest BCUT2D eigenvalue weighted by Crippen LogP contribution is 2.24. The van der Waals surface area contributed by atoms with Crippen LogP contribution in [-0.4, -0.2) is 29.2 Å². The summed E-state index contributed by atoms with van der Waals surface area (Å²) in [7, 11) is 0. The molecule has 0 aromatic carbocycles. The molecule has 1 fully saturated rings. The smallest absolute Gasteiger partial charge is 0.410 e. The molecule has 3 atom stereocenters. The van der Waals surface area contributed by atoms with Crippen molar-refractivity contribution in [2.75, 3.05) is 0 Å². The van der Waals surface area contributed by atoms with Crippen molar-refractivity contribution in [3.8, 4) is 0 Å². The Balaban J connectivity index is 2.57. The van der Waals surface area contributed by atoms with Gasteiger partial charge in [0.05, 0.1) is 0 Å². The van der Waals surface area contributed by atoms with Crippen LogP contribution in [0.3, 0.4) is 0 Å². The number of rotatable bonds is 2. The van der Waals surface area contributed by atoms with E-state index in [4.69, 9.17) is 4.74 Å². The second-order valence-corrected chi connectivity index (χ2v) is 5.37. The van der Waals surface area contributed by atoms with E-state index >= 15 is 0 Å². The molecule has 0 bridgehead atoms. The van der Waals surface area contributed by atoms with Crippen molar-refractivity contribution in [2.45, 2.75) is 72.1 Å². The molecule has 1 saturated heterocycles. The molecule has 1 amide bonds. The number of hydrogen-bond donors (Lipinski definition) is 0. The van der Waals surface area contributed by atoms with Crippen LogP contribution in [-0.2, 0) is 4.74 Å². The van der Waals surface area contributed by atoms with E-state index in [1.54, 1.807) is 0 Å². The first kappa shape index (κ1) is 13.3. The number of ether oxygens (including phenoxy) is 1. The minimum Gasteiger partial charge on any atom is -0.446 e. The number of likely N-dealkylation sites (tertiary alicyclic amines) is 1. The Morgan fingerprint density at radius 3 is 2.12 bits per heavy atom. The van der Waals surface area contributed by atoms with E-state index < -0.39 is 0 Å². The van der Waals surface area contributed by atoms with Crippen molar-refractivity contribution in [1.29, 1.82) is 0 Å². The van der Waals surface area contributed by atoms with Crippen molar-refractivity contribution in [3.05, 3.63) is 0 Å². The van der Waals surface area contributed by atoms with Crippen LogP contribution in [0.1, 0.15) is 53.9 Å². The number of nitrogens with zero attached hydrogens (tertiary/aromatic N) is 1. The molecule has 0 aromatic rings. The van der Waals surface area contributed by atoms with Gasteiger partial charge in [0.15, 0.2) is 0 Å². The van der Waals surface area contributed by atoms with E-state index in [9.17, 15) is 4.79 Å². The predicted molar refractivity (Wildman–Crippen MR) is 65.4 cm³/mol. The minimum atomic E-state index is -0.138. The average molecular weight is 227 g/mol. The summed E-state index contributed by atoms with van der Waals surface area (Å²) in [5.74, 6) is 0.374. The van der Waals surface area contributed by atoms with Crippen LogP contribution < -0.4 is 0 Å². The van der Waals surface area contributed by atoms with E-state index in [1.165, 1.54) is 6.42 Å². The summed E-state index contributed by atoms with van der Waals surface area (Å²) in [5.41, 5.74) is 0. The number of amides is 1. The lowest BCUT2D eigenvalue weighted by Crippen LogP contribution is -2.48.